The molecule has 1 unspecified atom stereocenters. The molecule has 2 heterocycles. The van der Waals surface area contributed by atoms with E-state index >= 15 is 0 Å². The first kappa shape index (κ1) is 21.8. The van der Waals surface area contributed by atoms with Crippen LogP contribution in [-0.4, -0.2) is 41.5 Å². The summed E-state index contributed by atoms with van der Waals surface area (Å²) in [5, 5.41) is 4.23. The highest BCUT2D eigenvalue weighted by Crippen LogP contribution is 2.23. The van der Waals surface area contributed by atoms with Gasteiger partial charge in [0.05, 0.1) is 10.7 Å². The van der Waals surface area contributed by atoms with Crippen molar-refractivity contribution in [2.75, 3.05) is 19.6 Å². The second kappa shape index (κ2) is 9.48. The first-order chi connectivity index (χ1) is 11.0. The Balaban J connectivity index is 0.00000156. The van der Waals surface area contributed by atoms with Gasteiger partial charge in [-0.25, -0.2) is 9.37 Å². The summed E-state index contributed by atoms with van der Waals surface area (Å²) in [5.41, 5.74) is 1.78. The van der Waals surface area contributed by atoms with Crippen LogP contribution < -0.4 is 5.32 Å². The summed E-state index contributed by atoms with van der Waals surface area (Å²) in [6.45, 7) is 6.24. The Morgan fingerprint density at radius 3 is 2.68 bits per heavy atom. The van der Waals surface area contributed by atoms with Gasteiger partial charge in [-0.05, 0) is 31.5 Å². The number of nitrogens with one attached hydrogen (secondary N) is 1. The molecule has 1 N–H and O–H groups in total. The maximum Gasteiger partial charge on any atom is 0.265 e. The van der Waals surface area contributed by atoms with Crippen LogP contribution in [0.5, 0.6) is 0 Å². The molecule has 1 aliphatic rings. The summed E-state index contributed by atoms with van der Waals surface area (Å²) in [7, 11) is 0. The molecule has 3 rings (SSSR count). The van der Waals surface area contributed by atoms with Crippen molar-refractivity contribution in [3.05, 3.63) is 51.2 Å². The van der Waals surface area contributed by atoms with Crippen LogP contribution in [0.3, 0.4) is 0 Å². The molecule has 1 aromatic heterocycles. The first-order valence-electron chi connectivity index (χ1n) is 7.76. The van der Waals surface area contributed by atoms with Crippen LogP contribution in [0.4, 0.5) is 4.39 Å². The Morgan fingerprint density at radius 2 is 2.04 bits per heavy atom. The highest BCUT2D eigenvalue weighted by Gasteiger charge is 2.25. The molecule has 0 spiro atoms. The van der Waals surface area contributed by atoms with E-state index in [1.165, 1.54) is 23.5 Å². The third-order valence-electron chi connectivity index (χ3n) is 3.96. The van der Waals surface area contributed by atoms with E-state index in [4.69, 9.17) is 0 Å². The van der Waals surface area contributed by atoms with Crippen LogP contribution in [0.25, 0.3) is 0 Å². The molecule has 1 saturated heterocycles. The van der Waals surface area contributed by atoms with Gasteiger partial charge in [0.15, 0.2) is 0 Å². The lowest BCUT2D eigenvalue weighted by atomic mass is 10.1. The SMILES string of the molecule is Cc1nc(Cc2ccc(F)cc2)sc1C(=O)N1CCNC(C)C1.Cl.Cl. The van der Waals surface area contributed by atoms with E-state index in [0.717, 1.165) is 40.8 Å². The van der Waals surface area contributed by atoms with Gasteiger partial charge in [0.25, 0.3) is 5.91 Å². The Morgan fingerprint density at radius 1 is 1.36 bits per heavy atom. The molecule has 0 saturated carbocycles. The van der Waals surface area contributed by atoms with E-state index in [2.05, 4.69) is 17.2 Å². The molecule has 0 bridgehead atoms. The highest BCUT2D eigenvalue weighted by molar-refractivity contribution is 7.13. The number of thiazole rings is 1. The number of nitrogens with zero attached hydrogens (tertiary/aromatic N) is 2. The van der Waals surface area contributed by atoms with Crippen LogP contribution in [0, 0.1) is 12.7 Å². The molecule has 1 amide bonds. The van der Waals surface area contributed by atoms with E-state index in [1.807, 2.05) is 11.8 Å². The average Bonchev–Trinajstić information content (AvgIpc) is 2.89. The van der Waals surface area contributed by atoms with E-state index in [-0.39, 0.29) is 36.5 Å². The third kappa shape index (κ3) is 5.38. The molecular formula is C17H22Cl2FN3OS. The van der Waals surface area contributed by atoms with Crippen molar-refractivity contribution in [2.24, 2.45) is 0 Å². The van der Waals surface area contributed by atoms with E-state index < -0.39 is 0 Å². The lowest BCUT2D eigenvalue weighted by Gasteiger charge is -2.31. The summed E-state index contributed by atoms with van der Waals surface area (Å²) >= 11 is 1.45. The molecule has 1 fully saturated rings. The largest absolute Gasteiger partial charge is 0.335 e. The Hall–Kier alpha value is -1.21. The summed E-state index contributed by atoms with van der Waals surface area (Å²) in [4.78, 5) is 19.8. The minimum Gasteiger partial charge on any atom is -0.335 e. The molecule has 138 valence electrons. The van der Waals surface area contributed by atoms with Crippen molar-refractivity contribution in [2.45, 2.75) is 26.3 Å². The molecule has 2 aromatic rings. The lowest BCUT2D eigenvalue weighted by molar-refractivity contribution is 0.0713. The van der Waals surface area contributed by atoms with Gasteiger partial charge in [0.2, 0.25) is 0 Å². The number of hydrogen-bond donors (Lipinski definition) is 1. The Bertz CT molecular complexity index is 708. The van der Waals surface area contributed by atoms with Crippen molar-refractivity contribution < 1.29 is 9.18 Å². The molecule has 1 atom stereocenters. The number of benzene rings is 1. The first-order valence-corrected chi connectivity index (χ1v) is 8.58. The van der Waals surface area contributed by atoms with Crippen LogP contribution in [0.2, 0.25) is 0 Å². The van der Waals surface area contributed by atoms with Gasteiger partial charge in [-0.3, -0.25) is 4.79 Å². The van der Waals surface area contributed by atoms with Crippen LogP contribution in [-0.2, 0) is 6.42 Å². The topological polar surface area (TPSA) is 45.2 Å². The predicted octanol–water partition coefficient (Wildman–Crippen LogP) is 3.46. The van der Waals surface area contributed by atoms with Gasteiger partial charge < -0.3 is 10.2 Å². The molecule has 0 aliphatic carbocycles. The number of rotatable bonds is 3. The normalized spacial score (nSPS) is 16.8. The number of aryl methyl sites for hydroxylation is 1. The van der Waals surface area contributed by atoms with Crippen LogP contribution in [0.15, 0.2) is 24.3 Å². The molecule has 1 aliphatic heterocycles. The molecule has 1 aromatic carbocycles. The summed E-state index contributed by atoms with van der Waals surface area (Å²) in [6, 6.07) is 6.73. The minimum atomic E-state index is -0.243. The van der Waals surface area contributed by atoms with E-state index in [0.29, 0.717) is 12.5 Å². The van der Waals surface area contributed by atoms with Crippen molar-refractivity contribution in [3.8, 4) is 0 Å². The molecular weight excluding hydrogens is 384 g/mol. The number of halogens is 3. The predicted molar refractivity (Wildman–Crippen MR) is 104 cm³/mol. The number of carbonyl (C=O) groups is 1. The Kier molecular flexibility index (Phi) is 8.28. The fraction of sp³-hybridized carbons (Fsp3) is 0.412. The van der Waals surface area contributed by atoms with Crippen molar-refractivity contribution in [1.29, 1.82) is 0 Å². The number of hydrogen-bond acceptors (Lipinski definition) is 4. The molecule has 4 nitrogen and oxygen atoms in total. The average molecular weight is 406 g/mol. The summed E-state index contributed by atoms with van der Waals surface area (Å²) in [5.74, 6) is -0.175. The fourth-order valence-electron chi connectivity index (χ4n) is 2.76. The van der Waals surface area contributed by atoms with Gasteiger partial charge in [-0.1, -0.05) is 12.1 Å². The third-order valence-corrected chi connectivity index (χ3v) is 5.11. The van der Waals surface area contributed by atoms with Gasteiger partial charge in [-0.2, -0.15) is 0 Å². The zero-order valence-corrected chi connectivity index (χ0v) is 16.6. The van der Waals surface area contributed by atoms with Gasteiger partial charge >= 0.3 is 0 Å². The monoisotopic (exact) mass is 405 g/mol. The quantitative estimate of drug-likeness (QED) is 0.849. The summed E-state index contributed by atoms with van der Waals surface area (Å²) < 4.78 is 13.0. The number of piperazine rings is 1. The Labute approximate surface area is 163 Å². The zero-order valence-electron chi connectivity index (χ0n) is 14.1. The lowest BCUT2D eigenvalue weighted by Crippen LogP contribution is -2.51. The van der Waals surface area contributed by atoms with Crippen LogP contribution >= 0.6 is 36.2 Å². The van der Waals surface area contributed by atoms with Gasteiger partial charge in [0, 0.05) is 32.1 Å². The van der Waals surface area contributed by atoms with Crippen molar-refractivity contribution in [3.63, 3.8) is 0 Å². The fourth-order valence-corrected chi connectivity index (χ4v) is 3.83. The van der Waals surface area contributed by atoms with Gasteiger partial charge in [-0.15, -0.1) is 36.2 Å². The standard InChI is InChI=1S/C17H20FN3OS.2ClH/c1-11-10-21(8-7-19-11)17(22)16-12(2)20-15(23-16)9-13-3-5-14(18)6-4-13;;/h3-6,11,19H,7-10H2,1-2H3;2*1H. The number of carbonyl (C=O) groups excluding carboxylic acids is 1. The second-order valence-corrected chi connectivity index (χ2v) is 7.02. The zero-order chi connectivity index (χ0) is 16.4. The van der Waals surface area contributed by atoms with E-state index in [9.17, 15) is 9.18 Å². The maximum atomic E-state index is 13.0. The molecule has 25 heavy (non-hydrogen) atoms. The minimum absolute atomic E-state index is 0. The van der Waals surface area contributed by atoms with Gasteiger partial charge in [0.1, 0.15) is 10.7 Å². The summed E-state index contributed by atoms with van der Waals surface area (Å²) in [6.07, 6.45) is 0.622. The molecule has 8 heteroatoms. The smallest absolute Gasteiger partial charge is 0.265 e. The second-order valence-electron chi connectivity index (χ2n) is 5.93. The number of amides is 1. The van der Waals surface area contributed by atoms with E-state index in [1.54, 1.807) is 12.1 Å². The highest BCUT2D eigenvalue weighted by atomic mass is 35.5. The number of aromatic nitrogens is 1. The molecule has 0 radical (unpaired) electrons. The maximum absolute atomic E-state index is 13.0. The van der Waals surface area contributed by atoms with Crippen molar-refractivity contribution >= 4 is 42.1 Å². The van der Waals surface area contributed by atoms with Crippen LogP contribution in [0.1, 0.15) is 32.9 Å². The van der Waals surface area contributed by atoms with Crippen molar-refractivity contribution in [1.82, 2.24) is 15.2 Å².